The number of nitrogens with zero attached hydrogens (tertiary/aromatic N) is 1. The van der Waals surface area contributed by atoms with Gasteiger partial charge >= 0.3 is 0 Å². The van der Waals surface area contributed by atoms with Gasteiger partial charge in [0.05, 0.1) is 17.1 Å². The van der Waals surface area contributed by atoms with Crippen molar-refractivity contribution >= 4 is 49.4 Å². The first-order chi connectivity index (χ1) is 19.2. The molecule has 1 heteroatoms. The van der Waals surface area contributed by atoms with Crippen LogP contribution < -0.4 is 4.90 Å². The van der Waals surface area contributed by atoms with Gasteiger partial charge in [-0.05, 0) is 81.6 Å². The molecule has 0 heterocycles. The Bertz CT molecular complexity index is 1980. The zero-order valence-electron chi connectivity index (χ0n) is 22.1. The predicted molar refractivity (Wildman–Crippen MR) is 168 cm³/mol. The van der Waals surface area contributed by atoms with E-state index in [-0.39, 0.29) is 0 Å². The van der Waals surface area contributed by atoms with Crippen molar-refractivity contribution in [3.05, 3.63) is 139 Å². The number of fused-ring (bicyclic) bond motifs is 5. The molecule has 0 N–H and O–H groups in total. The van der Waals surface area contributed by atoms with Crippen LogP contribution in [-0.2, 0) is 0 Å². The normalized spacial score (nSPS) is 11.8. The molecule has 0 saturated heterocycles. The third-order valence-electron chi connectivity index (χ3n) is 8.48. The molecule has 0 aliphatic heterocycles. The van der Waals surface area contributed by atoms with E-state index in [0.717, 1.165) is 0 Å². The van der Waals surface area contributed by atoms with Crippen molar-refractivity contribution in [1.29, 1.82) is 0 Å². The monoisotopic (exact) mass is 497 g/mol. The first-order valence-corrected chi connectivity index (χ1v) is 13.6. The Hall–Kier alpha value is -4.88. The quantitative estimate of drug-likeness (QED) is 0.235. The maximum absolute atomic E-state index is 2.50. The summed E-state index contributed by atoms with van der Waals surface area (Å²) in [5, 5.41) is 7.71. The molecule has 7 aromatic carbocycles. The van der Waals surface area contributed by atoms with Gasteiger partial charge in [-0.1, -0.05) is 109 Å². The van der Waals surface area contributed by atoms with Crippen molar-refractivity contribution in [3.8, 4) is 22.3 Å². The Labute approximate surface area is 228 Å². The molecule has 0 fully saturated rings. The second-order valence-corrected chi connectivity index (χ2v) is 10.6. The highest BCUT2D eigenvalue weighted by atomic mass is 15.1. The topological polar surface area (TPSA) is 3.24 Å². The summed E-state index contributed by atoms with van der Waals surface area (Å²) in [7, 11) is 0. The summed E-state index contributed by atoms with van der Waals surface area (Å²) in [5.74, 6) is 0. The molecule has 0 bridgehead atoms. The Balaban J connectivity index is 1.51. The highest BCUT2D eigenvalue weighted by molar-refractivity contribution is 6.20. The minimum atomic E-state index is 1.20. The lowest BCUT2D eigenvalue weighted by atomic mass is 9.97. The molecule has 1 nitrogen and oxygen atoms in total. The van der Waals surface area contributed by atoms with Crippen LogP contribution in [0.3, 0.4) is 0 Å². The van der Waals surface area contributed by atoms with Gasteiger partial charge in [0, 0.05) is 16.2 Å². The zero-order chi connectivity index (χ0) is 26.1. The first-order valence-electron chi connectivity index (χ1n) is 13.6. The van der Waals surface area contributed by atoms with Crippen LogP contribution in [0.15, 0.2) is 127 Å². The number of anilines is 3. The Morgan fingerprint density at radius 3 is 1.38 bits per heavy atom. The van der Waals surface area contributed by atoms with Crippen LogP contribution in [-0.4, -0.2) is 0 Å². The van der Waals surface area contributed by atoms with Crippen molar-refractivity contribution in [2.24, 2.45) is 0 Å². The second kappa shape index (κ2) is 8.31. The standard InChI is InChI=1S/C38H27N/c1-24-10-5-16-30-26(24)14-8-20-35(30)39(36-21-9-15-27-25(2)11-6-17-31(27)36)37-23-22-33-29-13-4-3-12-28(29)32-18-7-19-34(37)38(32)33/h3-23H,1-2H3. The highest BCUT2D eigenvalue weighted by Crippen LogP contribution is 2.52. The number of benzene rings is 7. The molecule has 0 amide bonds. The number of hydrogen-bond donors (Lipinski definition) is 0. The molecule has 8 rings (SSSR count). The first kappa shape index (κ1) is 22.1. The Kier molecular flexibility index (Phi) is 4.72. The van der Waals surface area contributed by atoms with Gasteiger partial charge in [0.25, 0.3) is 0 Å². The van der Waals surface area contributed by atoms with E-state index in [0.29, 0.717) is 0 Å². The van der Waals surface area contributed by atoms with Crippen molar-refractivity contribution in [3.63, 3.8) is 0 Å². The van der Waals surface area contributed by atoms with Crippen molar-refractivity contribution in [2.75, 3.05) is 4.90 Å². The molecular weight excluding hydrogens is 470 g/mol. The van der Waals surface area contributed by atoms with Crippen LogP contribution in [0.25, 0.3) is 54.6 Å². The average molecular weight is 498 g/mol. The van der Waals surface area contributed by atoms with Crippen molar-refractivity contribution < 1.29 is 0 Å². The summed E-state index contributed by atoms with van der Waals surface area (Å²) in [6.07, 6.45) is 0. The zero-order valence-corrected chi connectivity index (χ0v) is 22.1. The fourth-order valence-electron chi connectivity index (χ4n) is 6.67. The lowest BCUT2D eigenvalue weighted by Gasteiger charge is -2.30. The highest BCUT2D eigenvalue weighted by Gasteiger charge is 2.25. The summed E-state index contributed by atoms with van der Waals surface area (Å²) in [4.78, 5) is 2.50. The molecule has 1 aliphatic rings. The van der Waals surface area contributed by atoms with E-state index in [4.69, 9.17) is 0 Å². The van der Waals surface area contributed by atoms with Gasteiger partial charge in [-0.2, -0.15) is 0 Å². The fourth-order valence-corrected chi connectivity index (χ4v) is 6.67. The molecule has 7 aromatic rings. The summed E-state index contributed by atoms with van der Waals surface area (Å²) in [6.45, 7) is 4.40. The van der Waals surface area contributed by atoms with Gasteiger partial charge in [0.1, 0.15) is 0 Å². The fraction of sp³-hybridized carbons (Fsp3) is 0.0526. The van der Waals surface area contributed by atoms with E-state index in [9.17, 15) is 0 Å². The maximum Gasteiger partial charge on any atom is 0.0541 e. The molecular formula is C38H27N. The molecule has 0 saturated carbocycles. The third kappa shape index (κ3) is 3.14. The molecule has 0 unspecified atom stereocenters. The molecule has 39 heavy (non-hydrogen) atoms. The van der Waals surface area contributed by atoms with E-state index in [1.54, 1.807) is 0 Å². The minimum Gasteiger partial charge on any atom is -0.309 e. The largest absolute Gasteiger partial charge is 0.309 e. The number of aryl methyl sites for hydroxylation is 2. The molecule has 1 aliphatic carbocycles. The van der Waals surface area contributed by atoms with Crippen LogP contribution in [0.4, 0.5) is 17.1 Å². The van der Waals surface area contributed by atoms with Crippen LogP contribution in [0.1, 0.15) is 11.1 Å². The lowest BCUT2D eigenvalue weighted by molar-refractivity contribution is 1.33. The maximum atomic E-state index is 2.50. The van der Waals surface area contributed by atoms with Gasteiger partial charge < -0.3 is 4.90 Å². The molecule has 0 aromatic heterocycles. The Morgan fingerprint density at radius 1 is 0.333 bits per heavy atom. The van der Waals surface area contributed by atoms with Gasteiger partial charge in [-0.15, -0.1) is 0 Å². The average Bonchev–Trinajstić information content (AvgIpc) is 3.30. The third-order valence-corrected chi connectivity index (χ3v) is 8.48. The summed E-state index contributed by atoms with van der Waals surface area (Å²) >= 11 is 0. The van der Waals surface area contributed by atoms with Gasteiger partial charge in [0.15, 0.2) is 0 Å². The van der Waals surface area contributed by atoms with E-state index in [1.165, 1.54) is 82.8 Å². The smallest absolute Gasteiger partial charge is 0.0541 e. The predicted octanol–water partition coefficient (Wildman–Crippen LogP) is 10.9. The van der Waals surface area contributed by atoms with Gasteiger partial charge in [-0.25, -0.2) is 0 Å². The van der Waals surface area contributed by atoms with E-state index >= 15 is 0 Å². The SMILES string of the molecule is Cc1cccc2c(N(c3cccc4c(C)cccc34)c3ccc4c5c(cccc35)-c3ccccc3-4)cccc12. The molecule has 184 valence electrons. The lowest BCUT2D eigenvalue weighted by Crippen LogP contribution is -2.12. The van der Waals surface area contributed by atoms with Gasteiger partial charge in [-0.3, -0.25) is 0 Å². The van der Waals surface area contributed by atoms with Crippen molar-refractivity contribution in [1.82, 2.24) is 0 Å². The molecule has 0 spiro atoms. The minimum absolute atomic E-state index is 1.20. The molecule has 0 atom stereocenters. The number of hydrogen-bond acceptors (Lipinski definition) is 1. The second-order valence-electron chi connectivity index (χ2n) is 10.6. The molecule has 0 radical (unpaired) electrons. The van der Waals surface area contributed by atoms with Crippen LogP contribution in [0, 0.1) is 13.8 Å². The van der Waals surface area contributed by atoms with E-state index < -0.39 is 0 Å². The Morgan fingerprint density at radius 2 is 0.769 bits per heavy atom. The van der Waals surface area contributed by atoms with Crippen LogP contribution in [0.2, 0.25) is 0 Å². The van der Waals surface area contributed by atoms with Crippen molar-refractivity contribution in [2.45, 2.75) is 13.8 Å². The van der Waals surface area contributed by atoms with Crippen LogP contribution in [0.5, 0.6) is 0 Å². The number of rotatable bonds is 3. The summed E-state index contributed by atoms with van der Waals surface area (Å²) < 4.78 is 0. The van der Waals surface area contributed by atoms with Crippen LogP contribution >= 0.6 is 0 Å². The summed E-state index contributed by atoms with van der Waals surface area (Å²) in [5.41, 5.74) is 11.5. The van der Waals surface area contributed by atoms with E-state index in [2.05, 4.69) is 146 Å². The van der Waals surface area contributed by atoms with Gasteiger partial charge in [0.2, 0.25) is 0 Å². The summed E-state index contributed by atoms with van der Waals surface area (Å²) in [6, 6.07) is 46.9. The van der Waals surface area contributed by atoms with E-state index in [1.807, 2.05) is 0 Å².